The largest absolute Gasteiger partial charge is 0.240 e. The summed E-state index contributed by atoms with van der Waals surface area (Å²) in [5.74, 6) is 0. The van der Waals surface area contributed by atoms with Gasteiger partial charge in [-0.05, 0) is 24.6 Å². The zero-order valence-corrected chi connectivity index (χ0v) is 13.7. The zero-order valence-electron chi connectivity index (χ0n) is 10.5. The highest BCUT2D eigenvalue weighted by Gasteiger charge is 2.16. The normalized spacial score (nSPS) is 12.6. The van der Waals surface area contributed by atoms with Crippen LogP contribution in [0.4, 0.5) is 0 Å². The third kappa shape index (κ3) is 5.57. The molecule has 1 rings (SSSR count). The van der Waals surface area contributed by atoms with Gasteiger partial charge in [0.25, 0.3) is 0 Å². The van der Waals surface area contributed by atoms with Crippen molar-refractivity contribution in [1.29, 1.82) is 0 Å². The fourth-order valence-corrected chi connectivity index (χ4v) is 3.65. The molecule has 0 aliphatic rings. The quantitative estimate of drug-likeness (QED) is 0.716. The summed E-state index contributed by atoms with van der Waals surface area (Å²) in [4.78, 5) is 0.168. The third-order valence-corrected chi connectivity index (χ3v) is 5.05. The molecule has 2 N–H and O–H groups in total. The minimum Gasteiger partial charge on any atom is -0.214 e. The van der Waals surface area contributed by atoms with Gasteiger partial charge in [0.1, 0.15) is 0 Å². The van der Waals surface area contributed by atoms with Gasteiger partial charge in [0.2, 0.25) is 20.0 Å². The molecule has 0 amide bonds. The van der Waals surface area contributed by atoms with Crippen LogP contribution in [0.25, 0.3) is 0 Å². The van der Waals surface area contributed by atoms with Gasteiger partial charge in [-0.1, -0.05) is 22.0 Å². The SMILES string of the molecule is Cc1ccc(Br)cc1S(=O)(=O)NCCNS(C)(=O)=O. The first kappa shape index (κ1) is 16.6. The lowest BCUT2D eigenvalue weighted by molar-refractivity contribution is 0.573. The Labute approximate surface area is 121 Å². The van der Waals surface area contributed by atoms with Gasteiger partial charge in [-0.15, -0.1) is 0 Å². The van der Waals surface area contributed by atoms with E-state index in [4.69, 9.17) is 0 Å². The topological polar surface area (TPSA) is 92.3 Å². The molecule has 0 fully saturated rings. The molecule has 0 saturated heterocycles. The van der Waals surface area contributed by atoms with E-state index in [1.807, 2.05) is 0 Å². The molecule has 6 nitrogen and oxygen atoms in total. The lowest BCUT2D eigenvalue weighted by atomic mass is 10.2. The van der Waals surface area contributed by atoms with Crippen molar-refractivity contribution in [3.05, 3.63) is 28.2 Å². The van der Waals surface area contributed by atoms with Gasteiger partial charge in [-0.3, -0.25) is 0 Å². The molecule has 0 aliphatic carbocycles. The molecule has 19 heavy (non-hydrogen) atoms. The van der Waals surface area contributed by atoms with Crippen LogP contribution in [-0.2, 0) is 20.0 Å². The van der Waals surface area contributed by atoms with Gasteiger partial charge in [-0.25, -0.2) is 26.3 Å². The van der Waals surface area contributed by atoms with Crippen LogP contribution in [0.5, 0.6) is 0 Å². The van der Waals surface area contributed by atoms with Crippen molar-refractivity contribution >= 4 is 36.0 Å². The molecular weight excluding hydrogens is 356 g/mol. The minimum absolute atomic E-state index is 0.00507. The molecule has 0 spiro atoms. The molecule has 0 aromatic heterocycles. The van der Waals surface area contributed by atoms with Crippen molar-refractivity contribution in [3.8, 4) is 0 Å². The summed E-state index contributed by atoms with van der Waals surface area (Å²) in [5.41, 5.74) is 0.617. The molecule has 0 bridgehead atoms. The Hall–Kier alpha value is -0.480. The highest BCUT2D eigenvalue weighted by molar-refractivity contribution is 9.10. The van der Waals surface area contributed by atoms with Crippen molar-refractivity contribution in [2.75, 3.05) is 19.3 Å². The van der Waals surface area contributed by atoms with Crippen LogP contribution in [-0.4, -0.2) is 36.2 Å². The fraction of sp³-hybridized carbons (Fsp3) is 0.400. The molecule has 0 aliphatic heterocycles. The van der Waals surface area contributed by atoms with Crippen LogP contribution in [0.1, 0.15) is 5.56 Å². The first-order chi connectivity index (χ1) is 8.62. The molecule has 9 heteroatoms. The van der Waals surface area contributed by atoms with Crippen molar-refractivity contribution in [3.63, 3.8) is 0 Å². The number of rotatable bonds is 6. The van der Waals surface area contributed by atoms with E-state index in [0.29, 0.717) is 10.0 Å². The van der Waals surface area contributed by atoms with Gasteiger partial charge >= 0.3 is 0 Å². The predicted octanol–water partition coefficient (Wildman–Crippen LogP) is 0.585. The average molecular weight is 371 g/mol. The maximum atomic E-state index is 12.0. The van der Waals surface area contributed by atoms with Gasteiger partial charge < -0.3 is 0 Å². The Morgan fingerprint density at radius 3 is 2.26 bits per heavy atom. The molecule has 108 valence electrons. The molecule has 1 aromatic carbocycles. The summed E-state index contributed by atoms with van der Waals surface area (Å²) >= 11 is 3.21. The monoisotopic (exact) mass is 370 g/mol. The summed E-state index contributed by atoms with van der Waals surface area (Å²) in [5, 5.41) is 0. The first-order valence-electron chi connectivity index (χ1n) is 5.32. The Morgan fingerprint density at radius 2 is 1.68 bits per heavy atom. The molecule has 1 aromatic rings. The maximum absolute atomic E-state index is 12.0. The van der Waals surface area contributed by atoms with E-state index in [1.54, 1.807) is 19.1 Å². The molecule has 0 heterocycles. The lowest BCUT2D eigenvalue weighted by Gasteiger charge is -2.09. The smallest absolute Gasteiger partial charge is 0.214 e. The van der Waals surface area contributed by atoms with Crippen LogP contribution in [0.15, 0.2) is 27.6 Å². The van der Waals surface area contributed by atoms with E-state index in [1.165, 1.54) is 6.07 Å². The summed E-state index contributed by atoms with van der Waals surface area (Å²) in [7, 11) is -6.96. The lowest BCUT2D eigenvalue weighted by Crippen LogP contribution is -2.34. The van der Waals surface area contributed by atoms with E-state index in [-0.39, 0.29) is 18.0 Å². The predicted molar refractivity (Wildman–Crippen MR) is 76.9 cm³/mol. The Balaban J connectivity index is 2.74. The number of nitrogens with one attached hydrogen (secondary N) is 2. The Morgan fingerprint density at radius 1 is 1.11 bits per heavy atom. The first-order valence-corrected chi connectivity index (χ1v) is 9.49. The van der Waals surface area contributed by atoms with Crippen molar-refractivity contribution < 1.29 is 16.8 Å². The van der Waals surface area contributed by atoms with E-state index in [9.17, 15) is 16.8 Å². The Bertz CT molecular complexity index is 656. The molecule has 0 radical (unpaired) electrons. The summed E-state index contributed by atoms with van der Waals surface area (Å²) in [6, 6.07) is 4.94. The summed E-state index contributed by atoms with van der Waals surface area (Å²) < 4.78 is 50.9. The second-order valence-electron chi connectivity index (χ2n) is 3.97. The van der Waals surface area contributed by atoms with Gasteiger partial charge in [0, 0.05) is 17.6 Å². The van der Waals surface area contributed by atoms with E-state index in [2.05, 4.69) is 25.4 Å². The highest BCUT2D eigenvalue weighted by Crippen LogP contribution is 2.20. The molecule has 0 atom stereocenters. The molecular formula is C10H15BrN2O4S2. The number of sulfonamides is 2. The van der Waals surface area contributed by atoms with Crippen LogP contribution >= 0.6 is 15.9 Å². The average Bonchev–Trinajstić information content (AvgIpc) is 2.26. The highest BCUT2D eigenvalue weighted by atomic mass is 79.9. The summed E-state index contributed by atoms with van der Waals surface area (Å²) in [6.07, 6.45) is 1.01. The van der Waals surface area contributed by atoms with Crippen molar-refractivity contribution in [2.45, 2.75) is 11.8 Å². The third-order valence-electron chi connectivity index (χ3n) is 2.22. The minimum atomic E-state index is -3.65. The number of hydrogen-bond donors (Lipinski definition) is 2. The van der Waals surface area contributed by atoms with Crippen LogP contribution < -0.4 is 9.44 Å². The number of aryl methyl sites for hydroxylation is 1. The maximum Gasteiger partial charge on any atom is 0.240 e. The van der Waals surface area contributed by atoms with E-state index >= 15 is 0 Å². The second kappa shape index (κ2) is 6.31. The molecule has 0 unspecified atom stereocenters. The Kier molecular flexibility index (Phi) is 5.51. The van der Waals surface area contributed by atoms with Crippen LogP contribution in [0.2, 0.25) is 0 Å². The second-order valence-corrected chi connectivity index (χ2v) is 8.46. The van der Waals surface area contributed by atoms with E-state index < -0.39 is 20.0 Å². The van der Waals surface area contributed by atoms with Crippen molar-refractivity contribution in [2.24, 2.45) is 0 Å². The number of benzene rings is 1. The zero-order chi connectivity index (χ0) is 14.7. The van der Waals surface area contributed by atoms with Gasteiger partial charge in [-0.2, -0.15) is 0 Å². The van der Waals surface area contributed by atoms with E-state index in [0.717, 1.165) is 6.26 Å². The van der Waals surface area contributed by atoms with Gasteiger partial charge in [0.05, 0.1) is 11.2 Å². The number of hydrogen-bond acceptors (Lipinski definition) is 4. The molecule has 0 saturated carbocycles. The van der Waals surface area contributed by atoms with Gasteiger partial charge in [0.15, 0.2) is 0 Å². The standard InChI is InChI=1S/C10H15BrN2O4S2/c1-8-3-4-9(11)7-10(8)19(16,17)13-6-5-12-18(2,14)15/h3-4,7,12-13H,5-6H2,1-2H3. The van der Waals surface area contributed by atoms with Crippen LogP contribution in [0.3, 0.4) is 0 Å². The van der Waals surface area contributed by atoms with Crippen LogP contribution in [0, 0.1) is 6.92 Å². The fourth-order valence-electron chi connectivity index (χ4n) is 1.36. The summed E-state index contributed by atoms with van der Waals surface area (Å²) in [6.45, 7) is 1.68. The number of halogens is 1. The van der Waals surface area contributed by atoms with Crippen molar-refractivity contribution in [1.82, 2.24) is 9.44 Å².